The Hall–Kier alpha value is -1.10. The average Bonchev–Trinajstić information content (AvgIpc) is 2.38. The van der Waals surface area contributed by atoms with E-state index in [2.05, 4.69) is 26.1 Å². The van der Waals surface area contributed by atoms with E-state index in [1.54, 1.807) is 0 Å². The first-order chi connectivity index (χ1) is 8.92. The SMILES string of the molecule is CCCCC(C)C(C)C(CNC(=O)CN)CC(=O)O. The molecule has 1 amide bonds. The second-order valence-corrected chi connectivity index (χ2v) is 5.34. The number of rotatable bonds is 10. The maximum Gasteiger partial charge on any atom is 0.303 e. The monoisotopic (exact) mass is 272 g/mol. The van der Waals surface area contributed by atoms with Crippen molar-refractivity contribution in [3.05, 3.63) is 0 Å². The van der Waals surface area contributed by atoms with Crippen LogP contribution >= 0.6 is 0 Å². The molecular weight excluding hydrogens is 244 g/mol. The zero-order valence-corrected chi connectivity index (χ0v) is 12.3. The fourth-order valence-electron chi connectivity index (χ4n) is 2.24. The molecule has 0 aliphatic heterocycles. The summed E-state index contributed by atoms with van der Waals surface area (Å²) in [4.78, 5) is 22.1. The molecule has 0 heterocycles. The summed E-state index contributed by atoms with van der Waals surface area (Å²) >= 11 is 0. The van der Waals surface area contributed by atoms with Gasteiger partial charge in [0, 0.05) is 6.54 Å². The highest BCUT2D eigenvalue weighted by Gasteiger charge is 2.25. The van der Waals surface area contributed by atoms with Crippen molar-refractivity contribution < 1.29 is 14.7 Å². The van der Waals surface area contributed by atoms with Crippen molar-refractivity contribution in [2.75, 3.05) is 13.1 Å². The molecule has 0 aliphatic rings. The quantitative estimate of drug-likeness (QED) is 0.563. The van der Waals surface area contributed by atoms with Crippen molar-refractivity contribution in [2.45, 2.75) is 46.5 Å². The van der Waals surface area contributed by atoms with Crippen LogP contribution in [0.1, 0.15) is 46.5 Å². The van der Waals surface area contributed by atoms with E-state index in [1.807, 2.05) is 0 Å². The highest BCUT2D eigenvalue weighted by Crippen LogP contribution is 2.27. The summed E-state index contributed by atoms with van der Waals surface area (Å²) in [5.74, 6) is -0.370. The lowest BCUT2D eigenvalue weighted by Crippen LogP contribution is -2.37. The van der Waals surface area contributed by atoms with Crippen LogP contribution in [0.2, 0.25) is 0 Å². The molecule has 3 unspecified atom stereocenters. The first kappa shape index (κ1) is 17.9. The van der Waals surface area contributed by atoms with Gasteiger partial charge in [-0.05, 0) is 17.8 Å². The lowest BCUT2D eigenvalue weighted by atomic mass is 9.79. The number of unbranched alkanes of at least 4 members (excludes halogenated alkanes) is 1. The Morgan fingerprint density at radius 1 is 1.32 bits per heavy atom. The molecule has 0 rings (SSSR count). The molecule has 19 heavy (non-hydrogen) atoms. The normalized spacial score (nSPS) is 15.6. The predicted molar refractivity (Wildman–Crippen MR) is 75.7 cm³/mol. The second-order valence-electron chi connectivity index (χ2n) is 5.34. The van der Waals surface area contributed by atoms with Gasteiger partial charge in [0.25, 0.3) is 0 Å². The van der Waals surface area contributed by atoms with Gasteiger partial charge in [-0.1, -0.05) is 40.0 Å². The van der Waals surface area contributed by atoms with Crippen molar-refractivity contribution in [1.82, 2.24) is 5.32 Å². The Labute approximate surface area is 115 Å². The third-order valence-corrected chi connectivity index (χ3v) is 3.84. The van der Waals surface area contributed by atoms with Crippen LogP contribution in [0.25, 0.3) is 0 Å². The molecule has 0 spiro atoms. The average molecular weight is 272 g/mol. The van der Waals surface area contributed by atoms with Gasteiger partial charge >= 0.3 is 5.97 Å². The van der Waals surface area contributed by atoms with Gasteiger partial charge in [0.2, 0.25) is 5.91 Å². The number of carboxylic acids is 1. The Morgan fingerprint density at radius 3 is 2.42 bits per heavy atom. The van der Waals surface area contributed by atoms with Gasteiger partial charge in [-0.25, -0.2) is 0 Å². The van der Waals surface area contributed by atoms with Gasteiger partial charge in [0.15, 0.2) is 0 Å². The summed E-state index contributed by atoms with van der Waals surface area (Å²) in [5.41, 5.74) is 5.23. The van der Waals surface area contributed by atoms with E-state index < -0.39 is 5.97 Å². The number of amides is 1. The van der Waals surface area contributed by atoms with Crippen molar-refractivity contribution in [3.63, 3.8) is 0 Å². The molecule has 0 saturated carbocycles. The summed E-state index contributed by atoms with van der Waals surface area (Å²) in [7, 11) is 0. The third-order valence-electron chi connectivity index (χ3n) is 3.84. The van der Waals surface area contributed by atoms with Crippen molar-refractivity contribution in [3.8, 4) is 0 Å². The predicted octanol–water partition coefficient (Wildman–Crippen LogP) is 1.61. The first-order valence-corrected chi connectivity index (χ1v) is 7.10. The zero-order chi connectivity index (χ0) is 14.8. The molecule has 3 atom stereocenters. The van der Waals surface area contributed by atoms with E-state index in [9.17, 15) is 9.59 Å². The summed E-state index contributed by atoms with van der Waals surface area (Å²) in [6.07, 6.45) is 3.48. The fourth-order valence-corrected chi connectivity index (χ4v) is 2.24. The molecule has 0 aliphatic carbocycles. The van der Waals surface area contributed by atoms with Crippen LogP contribution in [0, 0.1) is 17.8 Å². The number of aliphatic carboxylic acids is 1. The molecule has 0 aromatic rings. The largest absolute Gasteiger partial charge is 0.481 e. The minimum absolute atomic E-state index is 0.0418. The fraction of sp³-hybridized carbons (Fsp3) is 0.857. The molecule has 0 saturated heterocycles. The van der Waals surface area contributed by atoms with Crippen LogP contribution in [0.3, 0.4) is 0 Å². The minimum atomic E-state index is -0.818. The summed E-state index contributed by atoms with van der Waals surface area (Å²) in [6, 6.07) is 0. The van der Waals surface area contributed by atoms with E-state index in [-0.39, 0.29) is 30.7 Å². The number of carbonyl (C=O) groups excluding carboxylic acids is 1. The summed E-state index contributed by atoms with van der Waals surface area (Å²) in [6.45, 7) is 6.70. The van der Waals surface area contributed by atoms with Gasteiger partial charge in [0.1, 0.15) is 0 Å². The number of hydrogen-bond acceptors (Lipinski definition) is 3. The number of carbonyl (C=O) groups is 2. The van der Waals surface area contributed by atoms with Crippen LogP contribution in [0.15, 0.2) is 0 Å². The smallest absolute Gasteiger partial charge is 0.303 e. The molecule has 112 valence electrons. The highest BCUT2D eigenvalue weighted by atomic mass is 16.4. The lowest BCUT2D eigenvalue weighted by Gasteiger charge is -2.28. The molecular formula is C14H28N2O3. The number of nitrogens with two attached hydrogens (primary N) is 1. The first-order valence-electron chi connectivity index (χ1n) is 7.10. The van der Waals surface area contributed by atoms with E-state index in [1.165, 1.54) is 0 Å². The molecule has 0 aromatic heterocycles. The number of hydrogen-bond donors (Lipinski definition) is 3. The van der Waals surface area contributed by atoms with Crippen molar-refractivity contribution in [2.24, 2.45) is 23.5 Å². The third kappa shape index (κ3) is 7.82. The Morgan fingerprint density at radius 2 is 1.95 bits per heavy atom. The van der Waals surface area contributed by atoms with Crippen molar-refractivity contribution >= 4 is 11.9 Å². The van der Waals surface area contributed by atoms with Gasteiger partial charge in [0.05, 0.1) is 13.0 Å². The Kier molecular flexibility index (Phi) is 9.21. The zero-order valence-electron chi connectivity index (χ0n) is 12.3. The van der Waals surface area contributed by atoms with E-state index >= 15 is 0 Å². The number of nitrogens with one attached hydrogen (secondary N) is 1. The Balaban J connectivity index is 4.45. The second kappa shape index (κ2) is 9.78. The van der Waals surface area contributed by atoms with Gasteiger partial charge in [-0.15, -0.1) is 0 Å². The maximum absolute atomic E-state index is 11.2. The van der Waals surface area contributed by atoms with Crippen LogP contribution < -0.4 is 11.1 Å². The van der Waals surface area contributed by atoms with Crippen LogP contribution in [-0.4, -0.2) is 30.1 Å². The summed E-state index contributed by atoms with van der Waals surface area (Å²) in [5, 5.41) is 11.7. The molecule has 5 heteroatoms. The molecule has 0 aromatic carbocycles. The topological polar surface area (TPSA) is 92.4 Å². The molecule has 0 bridgehead atoms. The molecule has 0 fully saturated rings. The van der Waals surface area contributed by atoms with Crippen LogP contribution in [0.5, 0.6) is 0 Å². The van der Waals surface area contributed by atoms with Gasteiger partial charge < -0.3 is 16.2 Å². The summed E-state index contributed by atoms with van der Waals surface area (Å²) < 4.78 is 0. The van der Waals surface area contributed by atoms with Gasteiger partial charge in [-0.3, -0.25) is 9.59 Å². The van der Waals surface area contributed by atoms with E-state index in [0.717, 1.165) is 19.3 Å². The van der Waals surface area contributed by atoms with E-state index in [0.29, 0.717) is 12.5 Å². The number of carboxylic acid groups (broad SMARTS) is 1. The standard InChI is InChI=1S/C14H28N2O3/c1-4-5-6-10(2)11(3)12(7-14(18)19)9-16-13(17)8-15/h10-12H,4-9,15H2,1-3H3,(H,16,17)(H,18,19). The maximum atomic E-state index is 11.2. The molecule has 5 nitrogen and oxygen atoms in total. The Bertz CT molecular complexity index is 282. The highest BCUT2D eigenvalue weighted by molar-refractivity contribution is 5.77. The minimum Gasteiger partial charge on any atom is -0.481 e. The van der Waals surface area contributed by atoms with Crippen LogP contribution in [0.4, 0.5) is 0 Å². The molecule has 0 radical (unpaired) electrons. The van der Waals surface area contributed by atoms with Crippen LogP contribution in [-0.2, 0) is 9.59 Å². The lowest BCUT2D eigenvalue weighted by molar-refractivity contribution is -0.139. The molecule has 4 N–H and O–H groups in total. The van der Waals surface area contributed by atoms with Crippen molar-refractivity contribution in [1.29, 1.82) is 0 Å². The van der Waals surface area contributed by atoms with Gasteiger partial charge in [-0.2, -0.15) is 0 Å². The van der Waals surface area contributed by atoms with E-state index in [4.69, 9.17) is 10.8 Å².